The number of para-hydroxylation sites is 2. The Morgan fingerprint density at radius 3 is 2.54 bits per heavy atom. The summed E-state index contributed by atoms with van der Waals surface area (Å²) in [4.78, 5) is 26.6. The van der Waals surface area contributed by atoms with Crippen molar-refractivity contribution in [2.24, 2.45) is 5.92 Å². The number of carbonyl (C=O) groups excluding carboxylic acids is 2. The van der Waals surface area contributed by atoms with Crippen LogP contribution in [0, 0.1) is 5.92 Å². The predicted molar refractivity (Wildman–Crippen MR) is 102 cm³/mol. The number of hydrogen-bond donors (Lipinski definition) is 2. The van der Waals surface area contributed by atoms with E-state index in [0.717, 1.165) is 37.3 Å². The van der Waals surface area contributed by atoms with Gasteiger partial charge in [0.05, 0.1) is 31.1 Å². The summed E-state index contributed by atoms with van der Waals surface area (Å²) in [5.41, 5.74) is 1.78. The molecule has 0 unspecified atom stereocenters. The molecule has 0 bridgehead atoms. The molecule has 0 aromatic heterocycles. The van der Waals surface area contributed by atoms with E-state index in [2.05, 4.69) is 15.5 Å². The number of nitrogens with one attached hydrogen (secondary N) is 2. The van der Waals surface area contributed by atoms with E-state index in [0.29, 0.717) is 25.6 Å². The smallest absolute Gasteiger partial charge is 0.243 e. The van der Waals surface area contributed by atoms with Crippen LogP contribution in [0.1, 0.15) is 38.5 Å². The van der Waals surface area contributed by atoms with Crippen molar-refractivity contribution in [2.75, 3.05) is 43.1 Å². The van der Waals surface area contributed by atoms with Crippen LogP contribution in [0.3, 0.4) is 0 Å². The Balaban J connectivity index is 1.48. The number of amides is 2. The fourth-order valence-electron chi connectivity index (χ4n) is 3.76. The number of hydrogen-bond acceptors (Lipinski definition) is 4. The second-order valence-electron chi connectivity index (χ2n) is 7.15. The van der Waals surface area contributed by atoms with E-state index in [1.165, 1.54) is 19.3 Å². The van der Waals surface area contributed by atoms with Gasteiger partial charge in [0.2, 0.25) is 11.8 Å². The minimum absolute atomic E-state index is 0.0169. The third-order valence-electron chi connectivity index (χ3n) is 5.17. The topological polar surface area (TPSA) is 70.7 Å². The van der Waals surface area contributed by atoms with E-state index in [1.807, 2.05) is 24.3 Å². The normalized spacial score (nSPS) is 18.4. The summed E-state index contributed by atoms with van der Waals surface area (Å²) in [5, 5.41) is 5.70. The van der Waals surface area contributed by atoms with Crippen LogP contribution >= 0.6 is 0 Å². The van der Waals surface area contributed by atoms with Crippen LogP contribution in [-0.2, 0) is 14.3 Å². The highest BCUT2D eigenvalue weighted by Gasteiger charge is 2.18. The number of anilines is 2. The average molecular weight is 359 g/mol. The number of rotatable bonds is 6. The zero-order chi connectivity index (χ0) is 18.2. The first-order valence-electron chi connectivity index (χ1n) is 9.70. The lowest BCUT2D eigenvalue weighted by atomic mass is 9.87. The molecule has 1 aromatic rings. The number of morpholine rings is 1. The molecule has 0 spiro atoms. The molecule has 6 heteroatoms. The molecule has 2 fully saturated rings. The van der Waals surface area contributed by atoms with Crippen molar-refractivity contribution >= 4 is 23.2 Å². The van der Waals surface area contributed by atoms with Gasteiger partial charge in [0, 0.05) is 19.5 Å². The van der Waals surface area contributed by atoms with E-state index in [9.17, 15) is 9.59 Å². The molecule has 1 saturated carbocycles. The summed E-state index contributed by atoms with van der Waals surface area (Å²) in [6, 6.07) is 7.77. The molecule has 3 rings (SSSR count). The lowest BCUT2D eigenvalue weighted by Crippen LogP contribution is -2.37. The molecule has 1 aliphatic heterocycles. The summed E-state index contributed by atoms with van der Waals surface area (Å²) < 4.78 is 5.39. The summed E-state index contributed by atoms with van der Waals surface area (Å²) in [6.45, 7) is 3.03. The summed E-state index contributed by atoms with van der Waals surface area (Å²) in [7, 11) is 0. The SMILES string of the molecule is O=C(CC1CCCCC1)NCC(=O)Nc1ccccc1N1CCOCC1. The van der Waals surface area contributed by atoms with Gasteiger partial charge in [-0.3, -0.25) is 9.59 Å². The third kappa shape index (κ3) is 5.46. The minimum Gasteiger partial charge on any atom is -0.378 e. The highest BCUT2D eigenvalue weighted by Crippen LogP contribution is 2.27. The van der Waals surface area contributed by atoms with Gasteiger partial charge in [0.1, 0.15) is 0 Å². The Kier molecular flexibility index (Phi) is 6.89. The molecule has 26 heavy (non-hydrogen) atoms. The van der Waals surface area contributed by atoms with Crippen molar-refractivity contribution in [3.8, 4) is 0 Å². The van der Waals surface area contributed by atoms with Gasteiger partial charge < -0.3 is 20.3 Å². The summed E-state index contributed by atoms with van der Waals surface area (Å²) in [6.07, 6.45) is 6.52. The van der Waals surface area contributed by atoms with Gasteiger partial charge in [-0.15, -0.1) is 0 Å². The molecule has 1 aliphatic carbocycles. The van der Waals surface area contributed by atoms with Crippen LogP contribution in [0.25, 0.3) is 0 Å². The number of ether oxygens (including phenoxy) is 1. The van der Waals surface area contributed by atoms with Crippen molar-refractivity contribution in [1.82, 2.24) is 5.32 Å². The molecule has 0 atom stereocenters. The number of carbonyl (C=O) groups is 2. The van der Waals surface area contributed by atoms with Crippen molar-refractivity contribution < 1.29 is 14.3 Å². The molecule has 6 nitrogen and oxygen atoms in total. The van der Waals surface area contributed by atoms with Crippen LogP contribution in [-0.4, -0.2) is 44.7 Å². The Labute approximate surface area is 155 Å². The van der Waals surface area contributed by atoms with Gasteiger partial charge in [0.15, 0.2) is 0 Å². The fraction of sp³-hybridized carbons (Fsp3) is 0.600. The van der Waals surface area contributed by atoms with E-state index in [-0.39, 0.29) is 18.4 Å². The van der Waals surface area contributed by atoms with Crippen molar-refractivity contribution in [3.05, 3.63) is 24.3 Å². The van der Waals surface area contributed by atoms with E-state index in [4.69, 9.17) is 4.74 Å². The lowest BCUT2D eigenvalue weighted by Gasteiger charge is -2.30. The monoisotopic (exact) mass is 359 g/mol. The molecule has 0 radical (unpaired) electrons. The molecule has 2 amide bonds. The predicted octanol–water partition coefficient (Wildman–Crippen LogP) is 2.55. The molecular formula is C20H29N3O3. The summed E-state index contributed by atoms with van der Waals surface area (Å²) >= 11 is 0. The molecule has 142 valence electrons. The van der Waals surface area contributed by atoms with Gasteiger partial charge in [-0.2, -0.15) is 0 Å². The van der Waals surface area contributed by atoms with Crippen LogP contribution < -0.4 is 15.5 Å². The third-order valence-corrected chi connectivity index (χ3v) is 5.17. The van der Waals surface area contributed by atoms with Gasteiger partial charge in [0.25, 0.3) is 0 Å². The molecular weight excluding hydrogens is 330 g/mol. The maximum absolute atomic E-state index is 12.3. The van der Waals surface area contributed by atoms with Crippen LogP contribution in [0.4, 0.5) is 11.4 Å². The largest absolute Gasteiger partial charge is 0.378 e. The van der Waals surface area contributed by atoms with Gasteiger partial charge in [-0.25, -0.2) is 0 Å². The van der Waals surface area contributed by atoms with Gasteiger partial charge in [-0.05, 0) is 30.9 Å². The number of nitrogens with zero attached hydrogens (tertiary/aromatic N) is 1. The lowest BCUT2D eigenvalue weighted by molar-refractivity contribution is -0.125. The van der Waals surface area contributed by atoms with Gasteiger partial charge in [-0.1, -0.05) is 31.4 Å². The van der Waals surface area contributed by atoms with Crippen molar-refractivity contribution in [1.29, 1.82) is 0 Å². The van der Waals surface area contributed by atoms with E-state index < -0.39 is 0 Å². The van der Waals surface area contributed by atoms with Crippen molar-refractivity contribution in [2.45, 2.75) is 38.5 Å². The van der Waals surface area contributed by atoms with Gasteiger partial charge >= 0.3 is 0 Å². The summed E-state index contributed by atoms with van der Waals surface area (Å²) in [5.74, 6) is 0.269. The Morgan fingerprint density at radius 2 is 1.77 bits per heavy atom. The first-order chi connectivity index (χ1) is 12.7. The second kappa shape index (κ2) is 9.57. The van der Waals surface area contributed by atoms with Crippen LogP contribution in [0.15, 0.2) is 24.3 Å². The highest BCUT2D eigenvalue weighted by molar-refractivity contribution is 5.97. The van der Waals surface area contributed by atoms with Crippen LogP contribution in [0.5, 0.6) is 0 Å². The van der Waals surface area contributed by atoms with E-state index in [1.54, 1.807) is 0 Å². The maximum Gasteiger partial charge on any atom is 0.243 e. The first kappa shape index (κ1) is 18.7. The zero-order valence-corrected chi connectivity index (χ0v) is 15.3. The average Bonchev–Trinajstić information content (AvgIpc) is 2.68. The fourth-order valence-corrected chi connectivity index (χ4v) is 3.76. The van der Waals surface area contributed by atoms with E-state index >= 15 is 0 Å². The first-order valence-corrected chi connectivity index (χ1v) is 9.70. The molecule has 2 N–H and O–H groups in total. The Bertz CT molecular complexity index is 608. The molecule has 2 aliphatic rings. The zero-order valence-electron chi connectivity index (χ0n) is 15.3. The Hall–Kier alpha value is -2.08. The molecule has 1 aromatic carbocycles. The van der Waals surface area contributed by atoms with Crippen LogP contribution in [0.2, 0.25) is 0 Å². The maximum atomic E-state index is 12.3. The minimum atomic E-state index is -0.192. The molecule has 1 saturated heterocycles. The Morgan fingerprint density at radius 1 is 1.04 bits per heavy atom. The second-order valence-corrected chi connectivity index (χ2v) is 7.15. The highest BCUT2D eigenvalue weighted by atomic mass is 16.5. The number of benzene rings is 1. The standard InChI is InChI=1S/C20H29N3O3/c24-19(14-16-6-2-1-3-7-16)21-15-20(25)22-17-8-4-5-9-18(17)23-10-12-26-13-11-23/h4-5,8-9,16H,1-3,6-7,10-15H2,(H,21,24)(H,22,25). The van der Waals surface area contributed by atoms with Crippen molar-refractivity contribution in [3.63, 3.8) is 0 Å². The molecule has 1 heterocycles. The quantitative estimate of drug-likeness (QED) is 0.819.